The largest absolute Gasteiger partial charge is 0.366 e. The van der Waals surface area contributed by atoms with Gasteiger partial charge in [-0.3, -0.25) is 4.79 Å². The zero-order valence-electron chi connectivity index (χ0n) is 11.4. The predicted octanol–water partition coefficient (Wildman–Crippen LogP) is 4.02. The Morgan fingerprint density at radius 2 is 2.06 bits per heavy atom. The lowest BCUT2D eigenvalue weighted by Gasteiger charge is -2.14. The van der Waals surface area contributed by atoms with Crippen LogP contribution in [0, 0.1) is 0 Å². The number of hydrogen-bond acceptors (Lipinski definition) is 2. The Bertz CT molecular complexity index is 436. The smallest absolute Gasteiger partial charge is 0.250 e. The van der Waals surface area contributed by atoms with Gasteiger partial charge in [0.15, 0.2) is 0 Å². The first kappa shape index (κ1) is 13.6. The van der Waals surface area contributed by atoms with Gasteiger partial charge in [-0.25, -0.2) is 0 Å². The lowest BCUT2D eigenvalue weighted by atomic mass is 9.90. The molecule has 0 bridgehead atoms. The number of carbonyl (C=O) groups is 1. The van der Waals surface area contributed by atoms with Crippen molar-refractivity contribution in [2.45, 2.75) is 64.7 Å². The first-order valence-corrected chi connectivity index (χ1v) is 7.94. The molecule has 1 aliphatic carbocycles. The highest BCUT2D eigenvalue weighted by atomic mass is 32.1. The molecule has 1 aromatic heterocycles. The number of fused-ring (bicyclic) bond motifs is 1. The molecule has 0 aliphatic heterocycles. The second kappa shape index (κ2) is 5.87. The number of primary amides is 1. The average Bonchev–Trinajstić information content (AvgIpc) is 2.74. The highest BCUT2D eigenvalue weighted by Crippen LogP contribution is 2.40. The Hall–Kier alpha value is -0.830. The van der Waals surface area contributed by atoms with Gasteiger partial charge in [0.2, 0.25) is 5.91 Å². The zero-order valence-corrected chi connectivity index (χ0v) is 12.2. The molecule has 1 unspecified atom stereocenters. The minimum absolute atomic E-state index is 0.209. The van der Waals surface area contributed by atoms with E-state index in [1.54, 1.807) is 0 Å². The molecule has 1 heterocycles. The zero-order chi connectivity index (χ0) is 13.1. The molecule has 2 nitrogen and oxygen atoms in total. The Kier molecular flexibility index (Phi) is 4.44. The number of aryl methyl sites for hydroxylation is 1. The summed E-state index contributed by atoms with van der Waals surface area (Å²) in [4.78, 5) is 14.5. The Labute approximate surface area is 114 Å². The van der Waals surface area contributed by atoms with E-state index in [0.717, 1.165) is 31.2 Å². The molecule has 2 rings (SSSR count). The van der Waals surface area contributed by atoms with E-state index in [2.05, 4.69) is 13.8 Å². The third kappa shape index (κ3) is 2.46. The van der Waals surface area contributed by atoms with Gasteiger partial charge in [0, 0.05) is 9.75 Å². The second-order valence-electron chi connectivity index (χ2n) is 5.21. The van der Waals surface area contributed by atoms with Crippen molar-refractivity contribution in [2.75, 3.05) is 0 Å². The first-order valence-electron chi connectivity index (χ1n) is 7.13. The molecule has 100 valence electrons. The van der Waals surface area contributed by atoms with Crippen molar-refractivity contribution in [3.63, 3.8) is 0 Å². The molecule has 0 saturated heterocycles. The highest BCUT2D eigenvalue weighted by molar-refractivity contribution is 7.12. The summed E-state index contributed by atoms with van der Waals surface area (Å²) in [5.41, 5.74) is 7.80. The molecule has 1 amide bonds. The van der Waals surface area contributed by atoms with Crippen molar-refractivity contribution in [1.82, 2.24) is 0 Å². The Balaban J connectivity index is 2.45. The van der Waals surface area contributed by atoms with Crippen LogP contribution < -0.4 is 5.73 Å². The van der Waals surface area contributed by atoms with Gasteiger partial charge in [0.05, 0.1) is 5.56 Å². The number of hydrogen-bond donors (Lipinski definition) is 1. The molecule has 1 aromatic rings. The summed E-state index contributed by atoms with van der Waals surface area (Å²) in [5.74, 6) is 0.312. The minimum Gasteiger partial charge on any atom is -0.366 e. The van der Waals surface area contributed by atoms with Crippen LogP contribution >= 0.6 is 11.3 Å². The van der Waals surface area contributed by atoms with Crippen molar-refractivity contribution < 1.29 is 4.79 Å². The monoisotopic (exact) mass is 265 g/mol. The van der Waals surface area contributed by atoms with E-state index < -0.39 is 0 Å². The summed E-state index contributed by atoms with van der Waals surface area (Å²) in [5, 5.41) is 0. The van der Waals surface area contributed by atoms with E-state index in [-0.39, 0.29) is 5.91 Å². The van der Waals surface area contributed by atoms with Crippen LogP contribution in [0.15, 0.2) is 0 Å². The molecule has 2 N–H and O–H groups in total. The maximum atomic E-state index is 11.8. The van der Waals surface area contributed by atoms with Gasteiger partial charge in [0.25, 0.3) is 0 Å². The molecule has 0 saturated carbocycles. The van der Waals surface area contributed by atoms with E-state index in [4.69, 9.17) is 5.73 Å². The van der Waals surface area contributed by atoms with Gasteiger partial charge in [-0.05, 0) is 50.0 Å². The summed E-state index contributed by atoms with van der Waals surface area (Å²) in [7, 11) is 0. The molecule has 3 heteroatoms. The van der Waals surface area contributed by atoms with Gasteiger partial charge >= 0.3 is 0 Å². The van der Waals surface area contributed by atoms with Crippen molar-refractivity contribution in [1.29, 1.82) is 0 Å². The maximum absolute atomic E-state index is 11.8. The standard InChI is InChI=1S/C15H23NOS/c1-3-7-10(4-2)14-13(15(16)17)11-8-5-6-9-12(11)18-14/h10H,3-9H2,1-2H3,(H2,16,17). The summed E-state index contributed by atoms with van der Waals surface area (Å²) < 4.78 is 0. The van der Waals surface area contributed by atoms with Gasteiger partial charge in [0.1, 0.15) is 0 Å². The van der Waals surface area contributed by atoms with E-state index in [1.165, 1.54) is 34.6 Å². The van der Waals surface area contributed by atoms with Crippen molar-refractivity contribution in [3.8, 4) is 0 Å². The van der Waals surface area contributed by atoms with Gasteiger partial charge in [-0.1, -0.05) is 20.3 Å². The Morgan fingerprint density at radius 3 is 2.67 bits per heavy atom. The van der Waals surface area contributed by atoms with Gasteiger partial charge in [-0.15, -0.1) is 11.3 Å². The molecule has 0 aromatic carbocycles. The van der Waals surface area contributed by atoms with E-state index in [9.17, 15) is 4.79 Å². The molecular weight excluding hydrogens is 242 g/mol. The van der Waals surface area contributed by atoms with Crippen LogP contribution in [0.3, 0.4) is 0 Å². The highest BCUT2D eigenvalue weighted by Gasteiger charge is 2.26. The number of rotatable bonds is 5. The molecule has 1 atom stereocenters. The topological polar surface area (TPSA) is 43.1 Å². The third-order valence-electron chi connectivity index (χ3n) is 3.95. The predicted molar refractivity (Wildman–Crippen MR) is 77.4 cm³/mol. The third-order valence-corrected chi connectivity index (χ3v) is 5.40. The van der Waals surface area contributed by atoms with Crippen LogP contribution in [0.25, 0.3) is 0 Å². The number of nitrogens with two attached hydrogens (primary N) is 1. The fraction of sp³-hybridized carbons (Fsp3) is 0.667. The minimum atomic E-state index is -0.209. The van der Waals surface area contributed by atoms with Crippen LogP contribution in [0.5, 0.6) is 0 Å². The number of thiophene rings is 1. The maximum Gasteiger partial charge on any atom is 0.250 e. The molecule has 0 spiro atoms. The van der Waals surface area contributed by atoms with Crippen LogP contribution in [-0.4, -0.2) is 5.91 Å². The van der Waals surface area contributed by atoms with Crippen LogP contribution in [-0.2, 0) is 12.8 Å². The van der Waals surface area contributed by atoms with Gasteiger partial charge in [-0.2, -0.15) is 0 Å². The Morgan fingerprint density at radius 1 is 1.33 bits per heavy atom. The summed E-state index contributed by atoms with van der Waals surface area (Å²) >= 11 is 1.86. The van der Waals surface area contributed by atoms with E-state index in [1.807, 2.05) is 11.3 Å². The van der Waals surface area contributed by atoms with Crippen LogP contribution in [0.2, 0.25) is 0 Å². The quantitative estimate of drug-likeness (QED) is 0.858. The van der Waals surface area contributed by atoms with Gasteiger partial charge < -0.3 is 5.73 Å². The molecule has 1 aliphatic rings. The average molecular weight is 265 g/mol. The van der Waals surface area contributed by atoms with Crippen LogP contribution in [0.1, 0.15) is 77.5 Å². The lowest BCUT2D eigenvalue weighted by molar-refractivity contribution is 0.0998. The fourth-order valence-electron chi connectivity index (χ4n) is 3.01. The fourth-order valence-corrected chi connectivity index (χ4v) is 4.63. The summed E-state index contributed by atoms with van der Waals surface area (Å²) in [6, 6.07) is 0. The molecule has 18 heavy (non-hydrogen) atoms. The number of carbonyl (C=O) groups excluding carboxylic acids is 1. The first-order chi connectivity index (χ1) is 8.69. The lowest BCUT2D eigenvalue weighted by Crippen LogP contribution is -2.16. The van der Waals surface area contributed by atoms with Crippen molar-refractivity contribution in [2.24, 2.45) is 5.73 Å². The molecular formula is C15H23NOS. The van der Waals surface area contributed by atoms with Crippen LogP contribution in [0.4, 0.5) is 0 Å². The second-order valence-corrected chi connectivity index (χ2v) is 6.34. The molecule has 0 fully saturated rings. The van der Waals surface area contributed by atoms with Crippen molar-refractivity contribution in [3.05, 3.63) is 20.9 Å². The van der Waals surface area contributed by atoms with Crippen molar-refractivity contribution >= 4 is 17.2 Å². The number of amides is 1. The molecule has 0 radical (unpaired) electrons. The van der Waals surface area contributed by atoms with E-state index >= 15 is 0 Å². The summed E-state index contributed by atoms with van der Waals surface area (Å²) in [6.45, 7) is 4.42. The van der Waals surface area contributed by atoms with E-state index in [0.29, 0.717) is 5.92 Å². The normalized spacial score (nSPS) is 16.3. The SMILES string of the molecule is CCCC(CC)c1sc2c(c1C(N)=O)CCCC2. The summed E-state index contributed by atoms with van der Waals surface area (Å²) in [6.07, 6.45) is 8.09.